The lowest BCUT2D eigenvalue weighted by Crippen LogP contribution is -2.15. The van der Waals surface area contributed by atoms with Gasteiger partial charge in [0.2, 0.25) is 0 Å². The molecule has 0 spiro atoms. The van der Waals surface area contributed by atoms with Crippen molar-refractivity contribution in [3.63, 3.8) is 0 Å². The second kappa shape index (κ2) is 7.30. The molecule has 2 aromatic heterocycles. The predicted octanol–water partition coefficient (Wildman–Crippen LogP) is 3.83. The number of alkyl halides is 5. The molecule has 150 valence electrons. The van der Waals surface area contributed by atoms with E-state index >= 15 is 0 Å². The molecule has 0 aliphatic carbocycles. The van der Waals surface area contributed by atoms with Gasteiger partial charge < -0.3 is 9.72 Å². The van der Waals surface area contributed by atoms with Gasteiger partial charge in [-0.3, -0.25) is 4.79 Å². The van der Waals surface area contributed by atoms with Crippen molar-refractivity contribution in [1.29, 1.82) is 0 Å². The van der Waals surface area contributed by atoms with Gasteiger partial charge in [-0.1, -0.05) is 12.1 Å². The van der Waals surface area contributed by atoms with Crippen LogP contribution in [0.1, 0.15) is 42.0 Å². The Bertz CT molecular complexity index is 1040. The van der Waals surface area contributed by atoms with E-state index in [0.29, 0.717) is 5.56 Å². The summed E-state index contributed by atoms with van der Waals surface area (Å²) in [5, 5.41) is 3.45. The Hall–Kier alpha value is -2.82. The molecule has 1 N–H and O–H groups in total. The van der Waals surface area contributed by atoms with Gasteiger partial charge in [-0.05, 0) is 24.6 Å². The molecule has 0 saturated carbocycles. The van der Waals surface area contributed by atoms with E-state index < -0.39 is 35.5 Å². The fraction of sp³-hybridized carbons (Fsp3) is 0.353. The molecule has 0 unspecified atom stereocenters. The summed E-state index contributed by atoms with van der Waals surface area (Å²) in [6.45, 7) is 1.50. The van der Waals surface area contributed by atoms with E-state index in [4.69, 9.17) is 4.74 Å². The van der Waals surface area contributed by atoms with Gasteiger partial charge in [0.25, 0.3) is 12.0 Å². The van der Waals surface area contributed by atoms with E-state index in [9.17, 15) is 26.7 Å². The van der Waals surface area contributed by atoms with Crippen molar-refractivity contribution in [2.24, 2.45) is 0 Å². The first-order valence-electron chi connectivity index (χ1n) is 8.09. The van der Waals surface area contributed by atoms with E-state index in [0.717, 1.165) is 16.8 Å². The SMILES string of the molecule is COCc1nc2c(c(C(F)F)nn2[C@@H](C)c2ccc(C(F)(F)F)cc2)c(=O)[nH]1. The summed E-state index contributed by atoms with van der Waals surface area (Å²) in [6.07, 6.45) is -7.52. The zero-order valence-corrected chi connectivity index (χ0v) is 14.7. The van der Waals surface area contributed by atoms with Gasteiger partial charge in [-0.15, -0.1) is 0 Å². The van der Waals surface area contributed by atoms with Crippen molar-refractivity contribution < 1.29 is 26.7 Å². The average Bonchev–Trinajstić information content (AvgIpc) is 3.01. The minimum Gasteiger partial charge on any atom is -0.377 e. The quantitative estimate of drug-likeness (QED) is 0.659. The van der Waals surface area contributed by atoms with E-state index in [1.165, 1.54) is 19.2 Å². The maximum absolute atomic E-state index is 13.4. The Balaban J connectivity index is 2.14. The second-order valence-corrected chi connectivity index (χ2v) is 6.07. The smallest absolute Gasteiger partial charge is 0.377 e. The summed E-state index contributed by atoms with van der Waals surface area (Å²) in [6, 6.07) is 3.49. The highest BCUT2D eigenvalue weighted by Gasteiger charge is 2.31. The second-order valence-electron chi connectivity index (χ2n) is 6.07. The molecule has 28 heavy (non-hydrogen) atoms. The van der Waals surface area contributed by atoms with Crippen molar-refractivity contribution in [1.82, 2.24) is 19.7 Å². The Morgan fingerprint density at radius 1 is 1.21 bits per heavy atom. The molecular formula is C17H15F5N4O2. The molecule has 0 saturated heterocycles. The number of aromatic nitrogens is 4. The van der Waals surface area contributed by atoms with Crippen LogP contribution in [0.4, 0.5) is 22.0 Å². The number of nitrogens with one attached hydrogen (secondary N) is 1. The number of hydrogen-bond donors (Lipinski definition) is 1. The monoisotopic (exact) mass is 402 g/mol. The molecule has 0 aliphatic rings. The van der Waals surface area contributed by atoms with E-state index in [1.54, 1.807) is 6.92 Å². The molecule has 11 heteroatoms. The van der Waals surface area contributed by atoms with Gasteiger partial charge >= 0.3 is 6.18 Å². The first-order chi connectivity index (χ1) is 13.1. The van der Waals surface area contributed by atoms with Gasteiger partial charge in [0, 0.05) is 7.11 Å². The first-order valence-corrected chi connectivity index (χ1v) is 8.09. The van der Waals surface area contributed by atoms with Crippen molar-refractivity contribution in [3.8, 4) is 0 Å². The highest BCUT2D eigenvalue weighted by Crippen LogP contribution is 2.32. The van der Waals surface area contributed by atoms with Gasteiger partial charge in [0.05, 0.1) is 11.6 Å². The summed E-state index contributed by atoms with van der Waals surface area (Å²) >= 11 is 0. The maximum Gasteiger partial charge on any atom is 0.416 e. The molecule has 0 bridgehead atoms. The third-order valence-corrected chi connectivity index (χ3v) is 4.21. The molecule has 0 aliphatic heterocycles. The van der Waals surface area contributed by atoms with Crippen LogP contribution in [0.25, 0.3) is 11.0 Å². The number of hydrogen-bond acceptors (Lipinski definition) is 4. The largest absolute Gasteiger partial charge is 0.416 e. The fourth-order valence-electron chi connectivity index (χ4n) is 2.84. The zero-order chi connectivity index (χ0) is 20.6. The number of rotatable bonds is 5. The third-order valence-electron chi connectivity index (χ3n) is 4.21. The Kier molecular flexibility index (Phi) is 5.20. The van der Waals surface area contributed by atoms with E-state index in [2.05, 4.69) is 15.1 Å². The van der Waals surface area contributed by atoms with E-state index in [1.807, 2.05) is 0 Å². The summed E-state index contributed by atoms with van der Waals surface area (Å²) in [4.78, 5) is 18.8. The number of ether oxygens (including phenoxy) is 1. The van der Waals surface area contributed by atoms with Crippen LogP contribution in [0, 0.1) is 0 Å². The van der Waals surface area contributed by atoms with Crippen molar-refractivity contribution in [2.75, 3.05) is 7.11 Å². The molecule has 0 amide bonds. The zero-order valence-electron chi connectivity index (χ0n) is 14.7. The van der Waals surface area contributed by atoms with Crippen molar-refractivity contribution in [3.05, 3.63) is 57.3 Å². The fourth-order valence-corrected chi connectivity index (χ4v) is 2.84. The molecule has 1 atom stereocenters. The van der Waals surface area contributed by atoms with Crippen LogP contribution in [0.15, 0.2) is 29.1 Å². The maximum atomic E-state index is 13.4. The van der Waals surface area contributed by atoms with E-state index in [-0.39, 0.29) is 23.5 Å². The van der Waals surface area contributed by atoms with Crippen LogP contribution in [0.5, 0.6) is 0 Å². The molecule has 3 aromatic rings. The Morgan fingerprint density at radius 2 is 1.86 bits per heavy atom. The van der Waals surface area contributed by atoms with Crippen LogP contribution in [-0.2, 0) is 17.5 Å². The van der Waals surface area contributed by atoms with Crippen LogP contribution >= 0.6 is 0 Å². The highest BCUT2D eigenvalue weighted by atomic mass is 19.4. The third kappa shape index (κ3) is 3.61. The summed E-state index contributed by atoms with van der Waals surface area (Å²) in [7, 11) is 1.37. The Morgan fingerprint density at radius 3 is 2.39 bits per heavy atom. The summed E-state index contributed by atoms with van der Waals surface area (Å²) < 4.78 is 71.0. The first kappa shape index (κ1) is 19.9. The summed E-state index contributed by atoms with van der Waals surface area (Å²) in [5.41, 5.74) is -2.09. The molecule has 0 fully saturated rings. The molecule has 0 radical (unpaired) electrons. The Labute approximate surface area is 155 Å². The summed E-state index contributed by atoms with van der Waals surface area (Å²) in [5.74, 6) is 0.113. The van der Waals surface area contributed by atoms with Crippen LogP contribution in [0.2, 0.25) is 0 Å². The minimum atomic E-state index is -4.49. The molecular weight excluding hydrogens is 387 g/mol. The molecule has 2 heterocycles. The topological polar surface area (TPSA) is 72.8 Å². The van der Waals surface area contributed by atoms with Crippen molar-refractivity contribution in [2.45, 2.75) is 32.2 Å². The number of fused-ring (bicyclic) bond motifs is 1. The number of aromatic amines is 1. The van der Waals surface area contributed by atoms with Gasteiger partial charge in [-0.25, -0.2) is 18.4 Å². The number of halogens is 5. The average molecular weight is 402 g/mol. The number of benzene rings is 1. The number of nitrogens with zero attached hydrogens (tertiary/aromatic N) is 3. The normalized spacial score (nSPS) is 13.4. The number of H-pyrrole nitrogens is 1. The van der Waals surface area contributed by atoms with Crippen LogP contribution in [-0.4, -0.2) is 26.9 Å². The van der Waals surface area contributed by atoms with Gasteiger partial charge in [-0.2, -0.15) is 18.3 Å². The van der Waals surface area contributed by atoms with Crippen LogP contribution < -0.4 is 5.56 Å². The molecule has 1 aromatic carbocycles. The van der Waals surface area contributed by atoms with Crippen molar-refractivity contribution >= 4 is 11.0 Å². The lowest BCUT2D eigenvalue weighted by atomic mass is 10.1. The van der Waals surface area contributed by atoms with Gasteiger partial charge in [0.15, 0.2) is 5.65 Å². The highest BCUT2D eigenvalue weighted by molar-refractivity contribution is 5.77. The van der Waals surface area contributed by atoms with Crippen LogP contribution in [0.3, 0.4) is 0 Å². The minimum absolute atomic E-state index is 0.0605. The standard InChI is InChI=1S/C17H15F5N4O2/c1-8(9-3-5-10(6-4-9)17(20,21)22)26-15-12(13(25-26)14(18)19)16(27)24-11(23-15)7-28-2/h3-6,8,14H,7H2,1-2H3,(H,23,24,27)/t8-/m0/s1. The molecule has 3 rings (SSSR count). The number of methoxy groups -OCH3 is 1. The molecule has 6 nitrogen and oxygen atoms in total. The lowest BCUT2D eigenvalue weighted by molar-refractivity contribution is -0.137. The lowest BCUT2D eigenvalue weighted by Gasteiger charge is -2.15. The predicted molar refractivity (Wildman–Crippen MR) is 89.1 cm³/mol. The van der Waals surface area contributed by atoms with Gasteiger partial charge in [0.1, 0.15) is 23.5 Å².